The first kappa shape index (κ1) is 16.9. The summed E-state index contributed by atoms with van der Waals surface area (Å²) in [4.78, 5) is 0.0585. The Kier molecular flexibility index (Phi) is 4.13. The first-order valence-electron chi connectivity index (χ1n) is 7.74. The lowest BCUT2D eigenvalue weighted by molar-refractivity contribution is 0.0702. The Morgan fingerprint density at radius 3 is 2.62 bits per heavy atom. The van der Waals surface area contributed by atoms with E-state index in [0.29, 0.717) is 17.7 Å². The molecule has 4 nitrogen and oxygen atoms in total. The molecule has 0 radical (unpaired) electrons. The number of aryl methyl sites for hydroxylation is 1. The number of sulfonamides is 1. The summed E-state index contributed by atoms with van der Waals surface area (Å²) < 4.78 is 47.5. The van der Waals surface area contributed by atoms with E-state index in [4.69, 9.17) is 4.74 Å². The Morgan fingerprint density at radius 1 is 1.21 bits per heavy atom. The van der Waals surface area contributed by atoms with Gasteiger partial charge in [-0.25, -0.2) is 17.5 Å². The quantitative estimate of drug-likeness (QED) is 0.919. The van der Waals surface area contributed by atoms with E-state index in [1.54, 1.807) is 6.92 Å². The molecule has 0 aliphatic carbocycles. The van der Waals surface area contributed by atoms with Gasteiger partial charge in [0, 0.05) is 12.0 Å². The topological polar surface area (TPSA) is 55.4 Å². The summed E-state index contributed by atoms with van der Waals surface area (Å²) in [6.45, 7) is 5.39. The van der Waals surface area contributed by atoms with E-state index in [-0.39, 0.29) is 4.90 Å². The smallest absolute Gasteiger partial charge is 0.241 e. The molecule has 2 aromatic carbocycles. The standard InChI is InChI=1S/C18H20FNO3S/c1-12-10-13(8-9-15(12)19)24(21,22)20-16-11-18(2,3)23-17-7-5-4-6-14(16)17/h4-10,16,20H,11H2,1-3H3. The minimum Gasteiger partial charge on any atom is -0.487 e. The fourth-order valence-electron chi connectivity index (χ4n) is 2.95. The van der Waals surface area contributed by atoms with Crippen molar-refractivity contribution in [3.63, 3.8) is 0 Å². The third-order valence-corrected chi connectivity index (χ3v) is 5.58. The Hall–Kier alpha value is -1.92. The second-order valence-corrected chi connectivity index (χ2v) is 8.40. The lowest BCUT2D eigenvalue weighted by Gasteiger charge is -2.37. The maximum absolute atomic E-state index is 13.4. The normalized spacial score (nSPS) is 19.4. The number of hydrogen-bond acceptors (Lipinski definition) is 3. The number of rotatable bonds is 3. The molecular formula is C18H20FNO3S. The molecule has 3 rings (SSSR count). The van der Waals surface area contributed by atoms with Gasteiger partial charge in [-0.3, -0.25) is 0 Å². The second-order valence-electron chi connectivity index (χ2n) is 6.69. The minimum absolute atomic E-state index is 0.0585. The summed E-state index contributed by atoms with van der Waals surface area (Å²) in [5.74, 6) is 0.253. The van der Waals surface area contributed by atoms with E-state index >= 15 is 0 Å². The Balaban J connectivity index is 1.96. The zero-order valence-corrected chi connectivity index (χ0v) is 14.7. The number of fused-ring (bicyclic) bond motifs is 1. The van der Waals surface area contributed by atoms with Gasteiger partial charge in [-0.1, -0.05) is 18.2 Å². The van der Waals surface area contributed by atoms with Crippen molar-refractivity contribution >= 4 is 10.0 Å². The highest BCUT2D eigenvalue weighted by atomic mass is 32.2. The summed E-state index contributed by atoms with van der Waals surface area (Å²) in [5.41, 5.74) is 0.616. The van der Waals surface area contributed by atoms with Crippen LogP contribution in [0.1, 0.15) is 37.4 Å². The van der Waals surface area contributed by atoms with Gasteiger partial charge in [-0.2, -0.15) is 0 Å². The molecule has 0 fully saturated rings. The van der Waals surface area contributed by atoms with E-state index < -0.39 is 27.5 Å². The van der Waals surface area contributed by atoms with Crippen LogP contribution in [0.4, 0.5) is 4.39 Å². The first-order valence-corrected chi connectivity index (χ1v) is 9.23. The highest BCUT2D eigenvalue weighted by molar-refractivity contribution is 7.89. The summed E-state index contributed by atoms with van der Waals surface area (Å²) in [7, 11) is -3.76. The predicted molar refractivity (Wildman–Crippen MR) is 90.0 cm³/mol. The Bertz CT molecular complexity index is 878. The molecule has 0 aromatic heterocycles. The van der Waals surface area contributed by atoms with Crippen molar-refractivity contribution in [2.24, 2.45) is 0 Å². The van der Waals surface area contributed by atoms with Gasteiger partial charge in [0.05, 0.1) is 10.9 Å². The van der Waals surface area contributed by atoms with Gasteiger partial charge in [0.1, 0.15) is 17.2 Å². The average Bonchev–Trinajstić information content (AvgIpc) is 2.48. The molecule has 0 saturated carbocycles. The van der Waals surface area contributed by atoms with Crippen LogP contribution in [0.15, 0.2) is 47.4 Å². The Labute approximate surface area is 141 Å². The van der Waals surface area contributed by atoms with Crippen molar-refractivity contribution in [2.45, 2.75) is 43.7 Å². The van der Waals surface area contributed by atoms with Crippen LogP contribution in [-0.4, -0.2) is 14.0 Å². The molecule has 1 atom stereocenters. The number of para-hydroxylation sites is 1. The predicted octanol–water partition coefficient (Wildman–Crippen LogP) is 3.71. The summed E-state index contributed by atoms with van der Waals surface area (Å²) in [6.07, 6.45) is 0.503. The van der Waals surface area contributed by atoms with Gasteiger partial charge in [0.15, 0.2) is 0 Å². The lowest BCUT2D eigenvalue weighted by atomic mass is 9.90. The molecule has 24 heavy (non-hydrogen) atoms. The van der Waals surface area contributed by atoms with Crippen molar-refractivity contribution in [1.29, 1.82) is 0 Å². The van der Waals surface area contributed by atoms with Crippen LogP contribution in [-0.2, 0) is 10.0 Å². The van der Waals surface area contributed by atoms with Gasteiger partial charge < -0.3 is 4.74 Å². The van der Waals surface area contributed by atoms with Crippen LogP contribution in [0.3, 0.4) is 0 Å². The second kappa shape index (κ2) is 5.86. The summed E-state index contributed by atoms with van der Waals surface area (Å²) >= 11 is 0. The fraction of sp³-hybridized carbons (Fsp3) is 0.333. The van der Waals surface area contributed by atoms with Crippen LogP contribution >= 0.6 is 0 Å². The van der Waals surface area contributed by atoms with Gasteiger partial charge in [-0.05, 0) is 50.6 Å². The maximum Gasteiger partial charge on any atom is 0.241 e. The van der Waals surface area contributed by atoms with Gasteiger partial charge in [0.2, 0.25) is 10.0 Å². The molecule has 0 amide bonds. The van der Waals surface area contributed by atoms with Crippen molar-refractivity contribution in [3.8, 4) is 5.75 Å². The number of halogens is 1. The third kappa shape index (κ3) is 3.30. The molecule has 128 valence electrons. The monoisotopic (exact) mass is 349 g/mol. The molecule has 2 aromatic rings. The number of benzene rings is 2. The molecule has 0 spiro atoms. The van der Waals surface area contributed by atoms with Gasteiger partial charge in [0.25, 0.3) is 0 Å². The van der Waals surface area contributed by atoms with Crippen molar-refractivity contribution in [2.75, 3.05) is 0 Å². The van der Waals surface area contributed by atoms with Crippen LogP contribution in [0.2, 0.25) is 0 Å². The molecule has 1 aliphatic rings. The van der Waals surface area contributed by atoms with E-state index in [9.17, 15) is 12.8 Å². The molecule has 1 unspecified atom stereocenters. The van der Waals surface area contributed by atoms with Gasteiger partial charge in [-0.15, -0.1) is 0 Å². The summed E-state index contributed by atoms with van der Waals surface area (Å²) in [6, 6.07) is 10.8. The molecule has 0 saturated heterocycles. The Morgan fingerprint density at radius 2 is 1.92 bits per heavy atom. The number of nitrogens with one attached hydrogen (secondary N) is 1. The van der Waals surface area contributed by atoms with E-state index in [2.05, 4.69) is 4.72 Å². The highest BCUT2D eigenvalue weighted by Crippen LogP contribution is 2.39. The fourth-order valence-corrected chi connectivity index (χ4v) is 4.25. The average molecular weight is 349 g/mol. The molecular weight excluding hydrogens is 329 g/mol. The minimum atomic E-state index is -3.76. The van der Waals surface area contributed by atoms with Crippen molar-refractivity contribution in [1.82, 2.24) is 4.72 Å². The van der Waals surface area contributed by atoms with E-state index in [1.165, 1.54) is 18.2 Å². The highest BCUT2D eigenvalue weighted by Gasteiger charge is 2.35. The van der Waals surface area contributed by atoms with Crippen LogP contribution in [0, 0.1) is 12.7 Å². The third-order valence-electron chi connectivity index (χ3n) is 4.11. The number of hydrogen-bond donors (Lipinski definition) is 1. The van der Waals surface area contributed by atoms with Crippen LogP contribution in [0.25, 0.3) is 0 Å². The maximum atomic E-state index is 13.4. The molecule has 1 N–H and O–H groups in total. The first-order chi connectivity index (χ1) is 11.2. The molecule has 1 aliphatic heterocycles. The van der Waals surface area contributed by atoms with Crippen molar-refractivity contribution in [3.05, 3.63) is 59.4 Å². The van der Waals surface area contributed by atoms with Crippen LogP contribution in [0.5, 0.6) is 5.75 Å². The molecule has 1 heterocycles. The van der Waals surface area contributed by atoms with Crippen LogP contribution < -0.4 is 9.46 Å². The van der Waals surface area contributed by atoms with Crippen molar-refractivity contribution < 1.29 is 17.5 Å². The van der Waals surface area contributed by atoms with E-state index in [1.807, 2.05) is 38.1 Å². The van der Waals surface area contributed by atoms with Gasteiger partial charge >= 0.3 is 0 Å². The zero-order valence-electron chi connectivity index (χ0n) is 13.8. The largest absolute Gasteiger partial charge is 0.487 e. The molecule has 6 heteroatoms. The number of ether oxygens (including phenoxy) is 1. The molecule has 0 bridgehead atoms. The zero-order chi connectivity index (χ0) is 17.5. The summed E-state index contributed by atoms with van der Waals surface area (Å²) in [5, 5.41) is 0. The van der Waals surface area contributed by atoms with E-state index in [0.717, 1.165) is 5.56 Å². The SMILES string of the molecule is Cc1cc(S(=O)(=O)NC2CC(C)(C)Oc3ccccc32)ccc1F. The lowest BCUT2D eigenvalue weighted by Crippen LogP contribution is -2.41.